The lowest BCUT2D eigenvalue weighted by Gasteiger charge is -2.11. The van der Waals surface area contributed by atoms with Gasteiger partial charge in [-0.15, -0.1) is 0 Å². The van der Waals surface area contributed by atoms with Crippen molar-refractivity contribution in [1.29, 1.82) is 5.26 Å². The highest BCUT2D eigenvalue weighted by atomic mass is 35.5. The Bertz CT molecular complexity index is 1180. The number of rotatable bonds is 4. The van der Waals surface area contributed by atoms with Gasteiger partial charge < -0.3 is 9.73 Å². The van der Waals surface area contributed by atoms with E-state index in [9.17, 15) is 27.6 Å². The molecule has 0 radical (unpaired) electrons. The second-order valence-corrected chi connectivity index (χ2v) is 6.44. The quantitative estimate of drug-likeness (QED) is 0.297. The Hall–Kier alpha value is -3.57. The average Bonchev–Trinajstić information content (AvgIpc) is 3.15. The number of halogens is 5. The molecule has 0 aliphatic rings. The summed E-state index contributed by atoms with van der Waals surface area (Å²) in [6.45, 7) is 0. The van der Waals surface area contributed by atoms with Gasteiger partial charge in [0, 0.05) is 11.6 Å². The molecule has 0 spiro atoms. The lowest BCUT2D eigenvalue weighted by Crippen LogP contribution is -2.15. The van der Waals surface area contributed by atoms with Gasteiger partial charge >= 0.3 is 6.18 Å². The number of alkyl halides is 3. The van der Waals surface area contributed by atoms with Crippen LogP contribution in [0.15, 0.2) is 64.6 Å². The average molecular weight is 435 g/mol. The zero-order valence-electron chi connectivity index (χ0n) is 14.9. The Labute approximate surface area is 173 Å². The number of anilines is 1. The summed E-state index contributed by atoms with van der Waals surface area (Å²) in [5, 5.41) is 11.3. The van der Waals surface area contributed by atoms with Crippen LogP contribution in [0.4, 0.5) is 23.2 Å². The third kappa shape index (κ3) is 4.88. The summed E-state index contributed by atoms with van der Waals surface area (Å²) in [4.78, 5) is 12.3. The van der Waals surface area contributed by atoms with Crippen LogP contribution in [0.5, 0.6) is 0 Å². The highest BCUT2D eigenvalue weighted by Crippen LogP contribution is 2.34. The molecular formula is C21H11ClF4N2O2. The number of benzene rings is 2. The maximum absolute atomic E-state index is 13.3. The van der Waals surface area contributed by atoms with Crippen LogP contribution in [-0.4, -0.2) is 5.91 Å². The van der Waals surface area contributed by atoms with E-state index >= 15 is 0 Å². The zero-order valence-corrected chi connectivity index (χ0v) is 15.7. The molecule has 9 heteroatoms. The van der Waals surface area contributed by atoms with Gasteiger partial charge in [0.2, 0.25) is 0 Å². The van der Waals surface area contributed by atoms with Crippen molar-refractivity contribution in [2.75, 3.05) is 5.32 Å². The molecule has 1 heterocycles. The van der Waals surface area contributed by atoms with Gasteiger partial charge in [-0.2, -0.15) is 18.4 Å². The highest BCUT2D eigenvalue weighted by Gasteiger charge is 2.31. The minimum absolute atomic E-state index is 0.121. The van der Waals surface area contributed by atoms with Crippen LogP contribution in [0.25, 0.3) is 17.4 Å². The predicted molar refractivity (Wildman–Crippen MR) is 103 cm³/mol. The first-order valence-electron chi connectivity index (χ1n) is 8.33. The maximum atomic E-state index is 13.3. The molecule has 1 aromatic heterocycles. The maximum Gasteiger partial charge on any atom is 0.416 e. The number of carbonyl (C=O) groups excluding carboxylic acids is 1. The van der Waals surface area contributed by atoms with Gasteiger partial charge in [-0.3, -0.25) is 4.79 Å². The smallest absolute Gasteiger partial charge is 0.416 e. The molecule has 1 N–H and O–H groups in total. The van der Waals surface area contributed by atoms with E-state index in [1.165, 1.54) is 30.3 Å². The van der Waals surface area contributed by atoms with Gasteiger partial charge in [0.1, 0.15) is 29.0 Å². The van der Waals surface area contributed by atoms with Crippen molar-refractivity contribution in [2.24, 2.45) is 0 Å². The van der Waals surface area contributed by atoms with Crippen molar-refractivity contribution in [2.45, 2.75) is 6.18 Å². The minimum Gasteiger partial charge on any atom is -0.457 e. The summed E-state index contributed by atoms with van der Waals surface area (Å²) >= 11 is 5.85. The Morgan fingerprint density at radius 1 is 1.13 bits per heavy atom. The molecule has 0 bridgehead atoms. The van der Waals surface area contributed by atoms with Crippen LogP contribution in [-0.2, 0) is 11.0 Å². The van der Waals surface area contributed by atoms with Crippen LogP contribution in [0.3, 0.4) is 0 Å². The van der Waals surface area contributed by atoms with Crippen molar-refractivity contribution in [1.82, 2.24) is 0 Å². The first-order chi connectivity index (χ1) is 14.2. The van der Waals surface area contributed by atoms with Gasteiger partial charge in [0.25, 0.3) is 5.91 Å². The first-order valence-corrected chi connectivity index (χ1v) is 8.71. The van der Waals surface area contributed by atoms with Crippen molar-refractivity contribution >= 4 is 29.3 Å². The number of nitrogens with one attached hydrogen (secondary N) is 1. The Kier molecular flexibility index (Phi) is 5.94. The molecule has 4 nitrogen and oxygen atoms in total. The predicted octanol–water partition coefficient (Wildman–Crippen LogP) is 6.30. The molecule has 30 heavy (non-hydrogen) atoms. The van der Waals surface area contributed by atoms with E-state index in [4.69, 9.17) is 16.0 Å². The van der Waals surface area contributed by atoms with Gasteiger partial charge in [-0.25, -0.2) is 4.39 Å². The summed E-state index contributed by atoms with van der Waals surface area (Å²) < 4.78 is 57.4. The number of hydrogen-bond acceptors (Lipinski definition) is 3. The normalized spacial score (nSPS) is 11.8. The Morgan fingerprint density at radius 2 is 1.90 bits per heavy atom. The van der Waals surface area contributed by atoms with E-state index in [1.807, 2.05) is 0 Å². The molecule has 0 aliphatic heterocycles. The lowest BCUT2D eigenvalue weighted by atomic mass is 10.1. The number of carbonyl (C=O) groups is 1. The van der Waals surface area contributed by atoms with E-state index < -0.39 is 29.0 Å². The number of nitriles is 1. The number of hydrogen-bond donors (Lipinski definition) is 1. The summed E-state index contributed by atoms with van der Waals surface area (Å²) in [6.07, 6.45) is -3.51. The van der Waals surface area contributed by atoms with Gasteiger partial charge in [0.15, 0.2) is 0 Å². The van der Waals surface area contributed by atoms with E-state index in [2.05, 4.69) is 5.32 Å². The van der Waals surface area contributed by atoms with Crippen LogP contribution < -0.4 is 5.32 Å². The van der Waals surface area contributed by atoms with Crippen LogP contribution in [0.1, 0.15) is 11.3 Å². The number of furan rings is 1. The first kappa shape index (κ1) is 21.1. The molecule has 3 rings (SSSR count). The van der Waals surface area contributed by atoms with Crippen molar-refractivity contribution in [3.8, 4) is 17.4 Å². The molecule has 0 saturated heterocycles. The van der Waals surface area contributed by atoms with E-state index in [-0.39, 0.29) is 16.5 Å². The molecule has 2 aromatic carbocycles. The highest BCUT2D eigenvalue weighted by molar-refractivity contribution is 6.34. The third-order valence-corrected chi connectivity index (χ3v) is 4.26. The Balaban J connectivity index is 1.84. The molecule has 0 unspecified atom stereocenters. The fraction of sp³-hybridized carbons (Fsp3) is 0.0476. The number of nitrogens with zero attached hydrogens (tertiary/aromatic N) is 1. The topological polar surface area (TPSA) is 66.0 Å². The summed E-state index contributed by atoms with van der Waals surface area (Å²) in [6, 6.07) is 12.7. The van der Waals surface area contributed by atoms with Gasteiger partial charge in [-0.05, 0) is 42.5 Å². The van der Waals surface area contributed by atoms with Gasteiger partial charge in [0.05, 0.1) is 16.3 Å². The summed E-state index contributed by atoms with van der Waals surface area (Å²) in [5.74, 6) is -1.01. The van der Waals surface area contributed by atoms with Crippen molar-refractivity contribution in [3.05, 3.63) is 82.3 Å². The zero-order chi connectivity index (χ0) is 21.9. The molecule has 0 saturated carbocycles. The monoisotopic (exact) mass is 434 g/mol. The van der Waals surface area contributed by atoms with Crippen LogP contribution >= 0.6 is 11.6 Å². The van der Waals surface area contributed by atoms with Crippen molar-refractivity contribution in [3.63, 3.8) is 0 Å². The number of amides is 1. The van der Waals surface area contributed by atoms with Crippen molar-refractivity contribution < 1.29 is 26.8 Å². The summed E-state index contributed by atoms with van der Waals surface area (Å²) in [5.41, 5.74) is -1.27. The molecule has 0 aliphatic carbocycles. The second kappa shape index (κ2) is 8.43. The largest absolute Gasteiger partial charge is 0.457 e. The SMILES string of the molecule is N#C/C(=C\c1ccc(-c2cccc(F)c2)o1)C(=O)Nc1cc(C(F)(F)F)ccc1Cl. The standard InChI is InChI=1S/C21H11ClF4N2O2/c22-17-6-4-14(21(24,25)26)10-18(17)28-20(29)13(11-27)9-16-5-7-19(30-16)12-2-1-3-15(23)8-12/h1-10H,(H,28,29)/b13-9+. The molecule has 0 atom stereocenters. The minimum atomic E-state index is -4.63. The van der Waals surface area contributed by atoms with E-state index in [0.717, 1.165) is 18.2 Å². The molecule has 1 amide bonds. The van der Waals surface area contributed by atoms with Gasteiger partial charge in [-0.1, -0.05) is 23.7 Å². The van der Waals surface area contributed by atoms with E-state index in [0.29, 0.717) is 17.4 Å². The molecule has 3 aromatic rings. The fourth-order valence-corrected chi connectivity index (χ4v) is 2.67. The fourth-order valence-electron chi connectivity index (χ4n) is 2.51. The van der Waals surface area contributed by atoms with Crippen LogP contribution in [0.2, 0.25) is 5.02 Å². The van der Waals surface area contributed by atoms with Crippen LogP contribution in [0, 0.1) is 17.1 Å². The molecule has 0 fully saturated rings. The summed E-state index contributed by atoms with van der Waals surface area (Å²) in [7, 11) is 0. The second-order valence-electron chi connectivity index (χ2n) is 6.03. The Morgan fingerprint density at radius 3 is 2.57 bits per heavy atom. The molecule has 152 valence electrons. The molecular weight excluding hydrogens is 424 g/mol. The third-order valence-electron chi connectivity index (χ3n) is 3.93. The van der Waals surface area contributed by atoms with E-state index in [1.54, 1.807) is 12.1 Å². The lowest BCUT2D eigenvalue weighted by molar-refractivity contribution is -0.137.